The number of carbonyl (C=O) groups excluding carboxylic acids is 2. The van der Waals surface area contributed by atoms with Crippen LogP contribution in [0.1, 0.15) is 93.9 Å². The Labute approximate surface area is 196 Å². The second kappa shape index (κ2) is 16.1. The summed E-state index contributed by atoms with van der Waals surface area (Å²) in [4.78, 5) is 23.7. The summed E-state index contributed by atoms with van der Waals surface area (Å²) in [7, 11) is 0. The van der Waals surface area contributed by atoms with Gasteiger partial charge in [-0.25, -0.2) is 9.59 Å². The normalized spacial score (nSPS) is 13.9. The van der Waals surface area contributed by atoms with Gasteiger partial charge in [0.2, 0.25) is 0 Å². The zero-order valence-corrected chi connectivity index (χ0v) is 21.9. The van der Waals surface area contributed by atoms with Crippen molar-refractivity contribution in [1.29, 1.82) is 0 Å². The van der Waals surface area contributed by atoms with Gasteiger partial charge in [0, 0.05) is 12.1 Å². The third-order valence-electron chi connectivity index (χ3n) is 4.72. The first-order valence-electron chi connectivity index (χ1n) is 12.3. The van der Waals surface area contributed by atoms with Crippen molar-refractivity contribution in [3.05, 3.63) is 0 Å². The fourth-order valence-corrected chi connectivity index (χ4v) is 3.01. The van der Waals surface area contributed by atoms with Crippen LogP contribution in [0.25, 0.3) is 0 Å². The Balaban J connectivity index is 3.74. The van der Waals surface area contributed by atoms with Gasteiger partial charge in [0.15, 0.2) is 0 Å². The highest BCUT2D eigenvalue weighted by Gasteiger charge is 2.19. The summed E-state index contributed by atoms with van der Waals surface area (Å²) in [6.07, 6.45) is 5.03. The molecule has 0 bridgehead atoms. The molecular formula is C24H50N4O4. The largest absolute Gasteiger partial charge is 0.444 e. The number of alkyl carbamates (subject to hydrolysis) is 2. The molecule has 0 aliphatic rings. The van der Waals surface area contributed by atoms with Crippen molar-refractivity contribution in [3.8, 4) is 0 Å². The lowest BCUT2D eigenvalue weighted by molar-refractivity contribution is 0.0488. The van der Waals surface area contributed by atoms with E-state index in [1.54, 1.807) is 0 Å². The van der Waals surface area contributed by atoms with Gasteiger partial charge in [0.05, 0.1) is 0 Å². The molecule has 0 aromatic heterocycles. The maximum atomic E-state index is 11.9. The Morgan fingerprint density at radius 1 is 0.656 bits per heavy atom. The summed E-state index contributed by atoms with van der Waals surface area (Å²) >= 11 is 0. The molecule has 2 atom stereocenters. The van der Waals surface area contributed by atoms with Crippen LogP contribution in [0.15, 0.2) is 0 Å². The van der Waals surface area contributed by atoms with Gasteiger partial charge < -0.3 is 30.7 Å². The minimum absolute atomic E-state index is 0.125. The Kier molecular flexibility index (Phi) is 15.4. The van der Waals surface area contributed by atoms with Crippen molar-refractivity contribution in [2.75, 3.05) is 26.2 Å². The lowest BCUT2D eigenvalue weighted by atomic mass is 10.1. The van der Waals surface area contributed by atoms with Crippen LogP contribution in [0.4, 0.5) is 9.59 Å². The zero-order chi connectivity index (χ0) is 24.6. The first-order chi connectivity index (χ1) is 14.9. The molecule has 4 N–H and O–H groups in total. The topological polar surface area (TPSA) is 101 Å². The number of nitrogens with one attached hydrogen (secondary N) is 4. The van der Waals surface area contributed by atoms with Crippen LogP contribution in [0, 0.1) is 0 Å². The molecule has 0 fully saturated rings. The van der Waals surface area contributed by atoms with E-state index < -0.39 is 11.2 Å². The van der Waals surface area contributed by atoms with Gasteiger partial charge >= 0.3 is 12.2 Å². The molecule has 32 heavy (non-hydrogen) atoms. The second-order valence-electron chi connectivity index (χ2n) is 10.3. The highest BCUT2D eigenvalue weighted by Crippen LogP contribution is 2.09. The number of ether oxygens (including phenoxy) is 2. The van der Waals surface area contributed by atoms with E-state index >= 15 is 0 Å². The van der Waals surface area contributed by atoms with Gasteiger partial charge in [0.1, 0.15) is 11.2 Å². The van der Waals surface area contributed by atoms with Crippen LogP contribution < -0.4 is 21.3 Å². The maximum absolute atomic E-state index is 11.9. The van der Waals surface area contributed by atoms with E-state index in [0.717, 1.165) is 64.7 Å². The minimum Gasteiger partial charge on any atom is -0.444 e. The molecule has 8 nitrogen and oxygen atoms in total. The Hall–Kier alpha value is -1.54. The van der Waals surface area contributed by atoms with Crippen LogP contribution in [0.2, 0.25) is 0 Å². The Morgan fingerprint density at radius 3 is 1.28 bits per heavy atom. The summed E-state index contributed by atoms with van der Waals surface area (Å²) in [5, 5.41) is 12.8. The molecule has 0 aromatic carbocycles. The smallest absolute Gasteiger partial charge is 0.407 e. The lowest BCUT2D eigenvalue weighted by Gasteiger charge is -2.23. The van der Waals surface area contributed by atoms with E-state index in [0.29, 0.717) is 0 Å². The standard InChI is InChI=1S/C24H50N4O4/c1-9-19(27-21(29)31-23(3,4)5)13-17-25-15-11-12-16-26-18-14-20(10-2)28-22(30)32-24(6,7)8/h19-20,25-26H,9-18H2,1-8H3,(H,27,29)(H,28,30). The second-order valence-corrected chi connectivity index (χ2v) is 10.3. The summed E-state index contributed by atoms with van der Waals surface area (Å²) in [5.41, 5.74) is -0.943. The van der Waals surface area contributed by atoms with E-state index in [4.69, 9.17) is 9.47 Å². The SMILES string of the molecule is CCC(CCNCCCCNCCC(CC)NC(=O)OC(C)(C)C)NC(=O)OC(C)(C)C. The van der Waals surface area contributed by atoms with E-state index in [2.05, 4.69) is 35.1 Å². The number of amides is 2. The zero-order valence-electron chi connectivity index (χ0n) is 21.9. The quantitative estimate of drug-likeness (QED) is 0.273. The molecule has 0 heterocycles. The van der Waals surface area contributed by atoms with Crippen molar-refractivity contribution in [1.82, 2.24) is 21.3 Å². The number of hydrogen-bond acceptors (Lipinski definition) is 6. The minimum atomic E-state index is -0.472. The lowest BCUT2D eigenvalue weighted by Crippen LogP contribution is -2.40. The van der Waals surface area contributed by atoms with Gasteiger partial charge in [-0.1, -0.05) is 13.8 Å². The predicted molar refractivity (Wildman–Crippen MR) is 131 cm³/mol. The van der Waals surface area contributed by atoms with Crippen LogP contribution in [-0.2, 0) is 9.47 Å². The van der Waals surface area contributed by atoms with Crippen molar-refractivity contribution in [3.63, 3.8) is 0 Å². The fourth-order valence-electron chi connectivity index (χ4n) is 3.01. The molecular weight excluding hydrogens is 408 g/mol. The van der Waals surface area contributed by atoms with Crippen molar-refractivity contribution in [2.24, 2.45) is 0 Å². The van der Waals surface area contributed by atoms with E-state index in [1.165, 1.54) is 0 Å². The average molecular weight is 459 g/mol. The molecule has 0 saturated carbocycles. The summed E-state index contributed by atoms with van der Waals surface area (Å²) in [6.45, 7) is 19.0. The first-order valence-corrected chi connectivity index (χ1v) is 12.3. The summed E-state index contributed by atoms with van der Waals surface area (Å²) in [5.74, 6) is 0. The first kappa shape index (κ1) is 30.5. The molecule has 190 valence electrons. The number of hydrogen-bond donors (Lipinski definition) is 4. The highest BCUT2D eigenvalue weighted by atomic mass is 16.6. The van der Waals surface area contributed by atoms with Crippen LogP contribution in [0.3, 0.4) is 0 Å². The molecule has 2 unspecified atom stereocenters. The van der Waals surface area contributed by atoms with Crippen LogP contribution in [-0.4, -0.2) is 61.7 Å². The molecule has 0 aliphatic carbocycles. The van der Waals surface area contributed by atoms with E-state index in [-0.39, 0.29) is 24.3 Å². The van der Waals surface area contributed by atoms with Crippen molar-refractivity contribution in [2.45, 2.75) is 117 Å². The van der Waals surface area contributed by atoms with E-state index in [9.17, 15) is 9.59 Å². The van der Waals surface area contributed by atoms with Gasteiger partial charge in [-0.05, 0) is 106 Å². The molecule has 0 spiro atoms. The Morgan fingerprint density at radius 2 is 1.00 bits per heavy atom. The third kappa shape index (κ3) is 19.2. The van der Waals surface area contributed by atoms with Gasteiger partial charge in [0.25, 0.3) is 0 Å². The summed E-state index contributed by atoms with van der Waals surface area (Å²) < 4.78 is 10.6. The number of carbonyl (C=O) groups is 2. The molecule has 0 saturated heterocycles. The average Bonchev–Trinajstić information content (AvgIpc) is 2.64. The molecule has 8 heteroatoms. The fraction of sp³-hybridized carbons (Fsp3) is 0.917. The van der Waals surface area contributed by atoms with Crippen LogP contribution in [0.5, 0.6) is 0 Å². The molecule has 0 aromatic rings. The molecule has 2 amide bonds. The molecule has 0 rings (SSSR count). The monoisotopic (exact) mass is 458 g/mol. The van der Waals surface area contributed by atoms with Gasteiger partial charge in [-0.15, -0.1) is 0 Å². The van der Waals surface area contributed by atoms with Gasteiger partial charge in [-0.3, -0.25) is 0 Å². The van der Waals surface area contributed by atoms with Gasteiger partial charge in [-0.2, -0.15) is 0 Å². The predicted octanol–water partition coefficient (Wildman–Crippen LogP) is 4.33. The Bertz CT molecular complexity index is 469. The van der Waals surface area contributed by atoms with E-state index in [1.807, 2.05) is 41.5 Å². The molecule has 0 radical (unpaired) electrons. The summed E-state index contributed by atoms with van der Waals surface area (Å²) in [6, 6.07) is 0.250. The highest BCUT2D eigenvalue weighted by molar-refractivity contribution is 5.68. The maximum Gasteiger partial charge on any atom is 0.407 e. The number of rotatable bonds is 15. The number of unbranched alkanes of at least 4 members (excludes halogenated alkanes) is 1. The molecule has 0 aliphatic heterocycles. The van der Waals surface area contributed by atoms with Crippen molar-refractivity contribution >= 4 is 12.2 Å². The van der Waals surface area contributed by atoms with Crippen LogP contribution >= 0.6 is 0 Å². The third-order valence-corrected chi connectivity index (χ3v) is 4.72. The van der Waals surface area contributed by atoms with Crippen molar-refractivity contribution < 1.29 is 19.1 Å².